The molecule has 0 radical (unpaired) electrons. The van der Waals surface area contributed by atoms with E-state index in [2.05, 4.69) is 20.9 Å². The van der Waals surface area contributed by atoms with Crippen molar-refractivity contribution in [2.24, 2.45) is 0 Å². The van der Waals surface area contributed by atoms with E-state index in [9.17, 15) is 4.79 Å². The van der Waals surface area contributed by atoms with Crippen LogP contribution in [-0.4, -0.2) is 39.7 Å². The van der Waals surface area contributed by atoms with Gasteiger partial charge in [0.15, 0.2) is 5.16 Å². The normalized spacial score (nSPS) is 12.2. The average molecular weight is 354 g/mol. The van der Waals surface area contributed by atoms with Crippen molar-refractivity contribution in [2.45, 2.75) is 17.3 Å². The highest BCUT2D eigenvalue weighted by Crippen LogP contribution is 2.25. The van der Waals surface area contributed by atoms with E-state index in [-0.39, 0.29) is 11.2 Å². The number of rotatable bonds is 4. The summed E-state index contributed by atoms with van der Waals surface area (Å²) in [5, 5.41) is 0.650. The van der Waals surface area contributed by atoms with Crippen LogP contribution >= 0.6 is 27.7 Å². The molecule has 0 saturated heterocycles. The largest absolute Gasteiger partial charge is 0.348 e. The highest BCUT2D eigenvalue weighted by molar-refractivity contribution is 9.10. The van der Waals surface area contributed by atoms with Crippen molar-refractivity contribution in [2.75, 3.05) is 14.1 Å². The van der Waals surface area contributed by atoms with Gasteiger partial charge in [0.25, 0.3) is 0 Å². The standard InChI is InChI=1S/C14H16BrN3OS/c1-10(13(19)17(2)3)20-14-16-8-9-18(14)12-6-4-11(15)5-7-12/h4-10H,1-3H3. The zero-order chi connectivity index (χ0) is 14.7. The van der Waals surface area contributed by atoms with E-state index in [1.807, 2.05) is 42.0 Å². The highest BCUT2D eigenvalue weighted by atomic mass is 79.9. The molecule has 0 aliphatic carbocycles. The molecule has 0 spiro atoms. The van der Waals surface area contributed by atoms with Crippen LogP contribution in [0.4, 0.5) is 0 Å². The summed E-state index contributed by atoms with van der Waals surface area (Å²) >= 11 is 4.88. The third kappa shape index (κ3) is 3.43. The summed E-state index contributed by atoms with van der Waals surface area (Å²) in [6.45, 7) is 1.90. The molecule has 2 aromatic rings. The maximum atomic E-state index is 11.9. The molecule has 1 aromatic carbocycles. The molecule has 106 valence electrons. The second-order valence-electron chi connectivity index (χ2n) is 4.55. The minimum Gasteiger partial charge on any atom is -0.348 e. The van der Waals surface area contributed by atoms with Crippen molar-refractivity contribution >= 4 is 33.6 Å². The van der Waals surface area contributed by atoms with Crippen molar-refractivity contribution in [1.29, 1.82) is 0 Å². The van der Waals surface area contributed by atoms with Crippen LogP contribution in [0.2, 0.25) is 0 Å². The first-order chi connectivity index (χ1) is 9.49. The van der Waals surface area contributed by atoms with Crippen molar-refractivity contribution in [3.63, 3.8) is 0 Å². The number of benzene rings is 1. The van der Waals surface area contributed by atoms with Crippen LogP contribution in [0.25, 0.3) is 5.69 Å². The molecule has 1 atom stereocenters. The molecule has 1 unspecified atom stereocenters. The molecule has 1 heterocycles. The van der Waals surface area contributed by atoms with Crippen LogP contribution in [0.15, 0.2) is 46.3 Å². The lowest BCUT2D eigenvalue weighted by Gasteiger charge is -2.16. The minimum absolute atomic E-state index is 0.0837. The lowest BCUT2D eigenvalue weighted by atomic mass is 10.3. The van der Waals surface area contributed by atoms with Crippen LogP contribution in [0, 0.1) is 0 Å². The molecular weight excluding hydrogens is 338 g/mol. The summed E-state index contributed by atoms with van der Waals surface area (Å²) in [5.74, 6) is 0.0837. The Morgan fingerprint density at radius 2 is 2.00 bits per heavy atom. The van der Waals surface area contributed by atoms with Crippen LogP contribution in [0.5, 0.6) is 0 Å². The third-order valence-corrected chi connectivity index (χ3v) is 4.38. The van der Waals surface area contributed by atoms with Crippen molar-refractivity contribution in [3.8, 4) is 5.69 Å². The molecule has 0 bridgehead atoms. The monoisotopic (exact) mass is 353 g/mol. The van der Waals surface area contributed by atoms with Gasteiger partial charge < -0.3 is 4.90 Å². The summed E-state index contributed by atoms with van der Waals surface area (Å²) in [6.07, 6.45) is 3.65. The Morgan fingerprint density at radius 1 is 1.35 bits per heavy atom. The van der Waals surface area contributed by atoms with Gasteiger partial charge in [0.05, 0.1) is 5.25 Å². The van der Waals surface area contributed by atoms with Crippen molar-refractivity contribution < 1.29 is 4.79 Å². The molecule has 0 aliphatic heterocycles. The first-order valence-corrected chi connectivity index (χ1v) is 7.83. The number of hydrogen-bond acceptors (Lipinski definition) is 3. The number of nitrogens with zero attached hydrogens (tertiary/aromatic N) is 3. The van der Waals surface area contributed by atoms with Gasteiger partial charge in [0.1, 0.15) is 0 Å². The van der Waals surface area contributed by atoms with Crippen LogP contribution < -0.4 is 0 Å². The summed E-state index contributed by atoms with van der Waals surface area (Å²) < 4.78 is 3.02. The Hall–Kier alpha value is -1.27. The van der Waals surface area contributed by atoms with Crippen molar-refractivity contribution in [3.05, 3.63) is 41.1 Å². The second kappa shape index (κ2) is 6.45. The Balaban J connectivity index is 2.21. The summed E-state index contributed by atoms with van der Waals surface area (Å²) in [6, 6.07) is 7.98. The van der Waals surface area contributed by atoms with E-state index in [1.165, 1.54) is 11.8 Å². The predicted octanol–water partition coefficient (Wildman–Crippen LogP) is 3.20. The van der Waals surface area contributed by atoms with Crippen LogP contribution in [-0.2, 0) is 4.79 Å². The fourth-order valence-electron chi connectivity index (χ4n) is 1.75. The summed E-state index contributed by atoms with van der Waals surface area (Å²) in [5.41, 5.74) is 1.03. The molecule has 0 N–H and O–H groups in total. The smallest absolute Gasteiger partial charge is 0.235 e. The number of hydrogen-bond donors (Lipinski definition) is 0. The topological polar surface area (TPSA) is 38.1 Å². The number of amides is 1. The van der Waals surface area contributed by atoms with Gasteiger partial charge >= 0.3 is 0 Å². The number of aromatic nitrogens is 2. The maximum Gasteiger partial charge on any atom is 0.235 e. The number of imidazole rings is 1. The molecule has 0 saturated carbocycles. The first-order valence-electron chi connectivity index (χ1n) is 6.16. The molecule has 1 amide bonds. The Morgan fingerprint density at radius 3 is 2.60 bits per heavy atom. The zero-order valence-electron chi connectivity index (χ0n) is 11.6. The van der Waals surface area contributed by atoms with E-state index in [4.69, 9.17) is 0 Å². The molecule has 4 nitrogen and oxygen atoms in total. The number of carbonyl (C=O) groups is 1. The van der Waals surface area contributed by atoms with Gasteiger partial charge in [-0.2, -0.15) is 0 Å². The molecule has 20 heavy (non-hydrogen) atoms. The van der Waals surface area contributed by atoms with Crippen molar-refractivity contribution in [1.82, 2.24) is 14.5 Å². The van der Waals surface area contributed by atoms with Gasteiger partial charge in [-0.1, -0.05) is 27.7 Å². The van der Waals surface area contributed by atoms with Gasteiger partial charge in [0, 0.05) is 36.6 Å². The Bertz CT molecular complexity index is 595. The predicted molar refractivity (Wildman–Crippen MR) is 85.3 cm³/mol. The van der Waals surface area contributed by atoms with E-state index >= 15 is 0 Å². The first kappa shape index (κ1) is 15.1. The van der Waals surface area contributed by atoms with Gasteiger partial charge in [0.2, 0.25) is 5.91 Å². The van der Waals surface area contributed by atoms with Gasteiger partial charge in [-0.3, -0.25) is 9.36 Å². The minimum atomic E-state index is -0.165. The number of thioether (sulfide) groups is 1. The Kier molecular flexibility index (Phi) is 4.88. The molecular formula is C14H16BrN3OS. The van der Waals surface area contributed by atoms with Gasteiger partial charge in [-0.15, -0.1) is 0 Å². The van der Waals surface area contributed by atoms with E-state index < -0.39 is 0 Å². The second-order valence-corrected chi connectivity index (χ2v) is 6.77. The number of halogens is 1. The van der Waals surface area contributed by atoms with E-state index in [1.54, 1.807) is 25.2 Å². The fourth-order valence-corrected chi connectivity index (χ4v) is 3.04. The third-order valence-electron chi connectivity index (χ3n) is 2.78. The lowest BCUT2D eigenvalue weighted by Crippen LogP contribution is -2.29. The number of carbonyl (C=O) groups excluding carboxylic acids is 1. The average Bonchev–Trinajstić information content (AvgIpc) is 2.86. The molecule has 0 aliphatic rings. The SMILES string of the molecule is CC(Sc1nccn1-c1ccc(Br)cc1)C(=O)N(C)C. The quantitative estimate of drug-likeness (QED) is 0.792. The zero-order valence-corrected chi connectivity index (χ0v) is 14.0. The van der Waals surface area contributed by atoms with Gasteiger partial charge in [-0.25, -0.2) is 4.98 Å². The lowest BCUT2D eigenvalue weighted by molar-refractivity contribution is -0.127. The maximum absolute atomic E-state index is 11.9. The fraction of sp³-hybridized carbons (Fsp3) is 0.286. The van der Waals surface area contributed by atoms with Gasteiger partial charge in [-0.05, 0) is 31.2 Å². The molecule has 0 fully saturated rings. The molecule has 2 rings (SSSR count). The van der Waals surface area contributed by atoms with Crippen LogP contribution in [0.3, 0.4) is 0 Å². The molecule has 6 heteroatoms. The van der Waals surface area contributed by atoms with E-state index in [0.717, 1.165) is 15.3 Å². The summed E-state index contributed by atoms with van der Waals surface area (Å²) in [7, 11) is 3.53. The van der Waals surface area contributed by atoms with Crippen LogP contribution in [0.1, 0.15) is 6.92 Å². The molecule has 1 aromatic heterocycles. The van der Waals surface area contributed by atoms with E-state index in [0.29, 0.717) is 0 Å². The Labute approximate surface area is 131 Å². The highest BCUT2D eigenvalue weighted by Gasteiger charge is 2.19. The summed E-state index contributed by atoms with van der Waals surface area (Å²) in [4.78, 5) is 17.9.